The molecule has 1 aromatic carbocycles. The SMILES string of the molecule is Cc1nc(NCc2ccc(OC(F)(F)F)c(F)c2)cc2c1NC(=O)[C@H](C(C)C)N2C.S. The third kappa shape index (κ3) is 5.52. The molecule has 1 atom stereocenters. The normalized spacial score (nSPS) is 15.8. The molecule has 1 aromatic heterocycles. The van der Waals surface area contributed by atoms with E-state index in [2.05, 4.69) is 20.4 Å². The van der Waals surface area contributed by atoms with Crippen LogP contribution in [-0.4, -0.2) is 30.3 Å². The standard InChI is InChI=1S/C20H22F4N4O2.H2S/c1-10(2)18-19(29)27-17-11(3)26-16(8-14(17)28(18)4)25-9-12-5-6-15(13(21)7-12)30-20(22,23)24;/h5-8,10,18H,9H2,1-4H3,(H,25,26)(H,27,29);1H2/t18-;/m0./s1. The van der Waals surface area contributed by atoms with E-state index in [1.54, 1.807) is 13.0 Å². The molecule has 0 aliphatic carbocycles. The Hall–Kier alpha value is -2.69. The van der Waals surface area contributed by atoms with E-state index < -0.39 is 17.9 Å². The van der Waals surface area contributed by atoms with Crippen LogP contribution in [0.2, 0.25) is 0 Å². The van der Waals surface area contributed by atoms with Crippen molar-refractivity contribution in [2.75, 3.05) is 22.6 Å². The van der Waals surface area contributed by atoms with Gasteiger partial charge >= 0.3 is 6.36 Å². The molecular weight excluding hydrogens is 436 g/mol. The first-order valence-electron chi connectivity index (χ1n) is 9.29. The largest absolute Gasteiger partial charge is 0.573 e. The smallest absolute Gasteiger partial charge is 0.403 e. The molecule has 2 N–H and O–H groups in total. The van der Waals surface area contributed by atoms with Crippen molar-refractivity contribution in [3.63, 3.8) is 0 Å². The van der Waals surface area contributed by atoms with E-state index in [0.717, 1.165) is 17.8 Å². The molecule has 6 nitrogen and oxygen atoms in total. The molecule has 2 aromatic rings. The van der Waals surface area contributed by atoms with Crippen LogP contribution >= 0.6 is 13.5 Å². The number of hydrogen-bond acceptors (Lipinski definition) is 5. The number of anilines is 3. The van der Waals surface area contributed by atoms with Crippen molar-refractivity contribution >= 4 is 36.6 Å². The molecule has 2 heterocycles. The monoisotopic (exact) mass is 460 g/mol. The average molecular weight is 460 g/mol. The maximum Gasteiger partial charge on any atom is 0.573 e. The number of aryl methyl sites for hydroxylation is 1. The summed E-state index contributed by atoms with van der Waals surface area (Å²) in [6.07, 6.45) is -4.96. The zero-order chi connectivity index (χ0) is 22.2. The van der Waals surface area contributed by atoms with Gasteiger partial charge in [-0.1, -0.05) is 19.9 Å². The van der Waals surface area contributed by atoms with Gasteiger partial charge in [-0.15, -0.1) is 13.2 Å². The average Bonchev–Trinajstić information content (AvgIpc) is 2.62. The Labute approximate surface area is 184 Å². The third-order valence-corrected chi connectivity index (χ3v) is 4.82. The van der Waals surface area contributed by atoms with Gasteiger partial charge in [-0.2, -0.15) is 13.5 Å². The fraction of sp³-hybridized carbons (Fsp3) is 0.400. The number of benzene rings is 1. The van der Waals surface area contributed by atoms with Gasteiger partial charge < -0.3 is 20.3 Å². The molecular formula is C20H24F4N4O2S. The highest BCUT2D eigenvalue weighted by molar-refractivity contribution is 7.59. The lowest BCUT2D eigenvalue weighted by atomic mass is 9.98. The molecule has 0 unspecified atom stereocenters. The van der Waals surface area contributed by atoms with Gasteiger partial charge in [-0.25, -0.2) is 9.37 Å². The number of alkyl halides is 3. The maximum absolute atomic E-state index is 13.9. The minimum atomic E-state index is -4.96. The second-order valence-corrected chi connectivity index (χ2v) is 7.44. The Morgan fingerprint density at radius 2 is 1.97 bits per heavy atom. The quantitative estimate of drug-likeness (QED) is 0.641. The van der Waals surface area contributed by atoms with Crippen molar-refractivity contribution in [1.82, 2.24) is 4.98 Å². The summed E-state index contributed by atoms with van der Waals surface area (Å²) in [5.41, 5.74) is 2.45. The van der Waals surface area contributed by atoms with Crippen LogP contribution in [0.15, 0.2) is 24.3 Å². The van der Waals surface area contributed by atoms with E-state index in [-0.39, 0.29) is 37.9 Å². The molecule has 0 saturated heterocycles. The van der Waals surface area contributed by atoms with Crippen LogP contribution in [0.4, 0.5) is 34.8 Å². The van der Waals surface area contributed by atoms with Crippen LogP contribution in [-0.2, 0) is 11.3 Å². The van der Waals surface area contributed by atoms with E-state index in [0.29, 0.717) is 22.8 Å². The van der Waals surface area contributed by atoms with Gasteiger partial charge in [0.2, 0.25) is 5.91 Å². The number of amides is 1. The van der Waals surface area contributed by atoms with Crippen LogP contribution in [0.5, 0.6) is 5.75 Å². The molecule has 0 bridgehead atoms. The van der Waals surface area contributed by atoms with Gasteiger partial charge in [0, 0.05) is 19.7 Å². The number of carbonyl (C=O) groups excluding carboxylic acids is 1. The molecule has 170 valence electrons. The summed E-state index contributed by atoms with van der Waals surface area (Å²) in [4.78, 5) is 18.7. The number of nitrogens with zero attached hydrogens (tertiary/aromatic N) is 2. The van der Waals surface area contributed by atoms with E-state index in [4.69, 9.17) is 0 Å². The molecule has 1 amide bonds. The Kier molecular flexibility index (Phi) is 7.30. The second-order valence-electron chi connectivity index (χ2n) is 7.44. The Balaban J connectivity index is 0.00000341. The summed E-state index contributed by atoms with van der Waals surface area (Å²) in [5.74, 6) is -1.50. The zero-order valence-corrected chi connectivity index (χ0v) is 18.4. The van der Waals surface area contributed by atoms with Gasteiger partial charge in [0.1, 0.15) is 11.9 Å². The number of carbonyl (C=O) groups is 1. The number of rotatable bonds is 5. The molecule has 3 rings (SSSR count). The lowest BCUT2D eigenvalue weighted by Crippen LogP contribution is -2.49. The van der Waals surface area contributed by atoms with E-state index >= 15 is 0 Å². The van der Waals surface area contributed by atoms with Crippen molar-refractivity contribution in [1.29, 1.82) is 0 Å². The fourth-order valence-corrected chi connectivity index (χ4v) is 3.51. The van der Waals surface area contributed by atoms with Crippen molar-refractivity contribution in [2.24, 2.45) is 5.92 Å². The van der Waals surface area contributed by atoms with Gasteiger partial charge in [0.05, 0.1) is 17.1 Å². The van der Waals surface area contributed by atoms with Crippen molar-refractivity contribution in [2.45, 2.75) is 39.7 Å². The number of likely N-dealkylation sites (N-methyl/N-ethyl adjacent to an activating group) is 1. The molecule has 0 radical (unpaired) electrons. The first kappa shape index (κ1) is 24.6. The number of aromatic nitrogens is 1. The van der Waals surface area contributed by atoms with Crippen molar-refractivity contribution in [3.05, 3.63) is 41.3 Å². The highest BCUT2D eigenvalue weighted by Gasteiger charge is 2.34. The number of fused-ring (bicyclic) bond motifs is 1. The third-order valence-electron chi connectivity index (χ3n) is 4.82. The Bertz CT molecular complexity index is 969. The highest BCUT2D eigenvalue weighted by Crippen LogP contribution is 2.36. The predicted octanol–water partition coefficient (Wildman–Crippen LogP) is 4.57. The summed E-state index contributed by atoms with van der Waals surface area (Å²) in [6, 6.07) is 4.68. The number of nitrogens with one attached hydrogen (secondary N) is 2. The summed E-state index contributed by atoms with van der Waals surface area (Å²) in [5, 5.41) is 5.94. The lowest BCUT2D eigenvalue weighted by Gasteiger charge is -2.38. The number of ether oxygens (including phenoxy) is 1. The topological polar surface area (TPSA) is 66.5 Å². The molecule has 0 fully saturated rings. The van der Waals surface area contributed by atoms with Gasteiger partial charge in [0.25, 0.3) is 0 Å². The maximum atomic E-state index is 13.9. The summed E-state index contributed by atoms with van der Waals surface area (Å²) >= 11 is 0. The summed E-state index contributed by atoms with van der Waals surface area (Å²) in [7, 11) is 1.83. The zero-order valence-electron chi connectivity index (χ0n) is 17.4. The van der Waals surface area contributed by atoms with E-state index in [1.807, 2.05) is 25.8 Å². The van der Waals surface area contributed by atoms with Gasteiger partial charge in [-0.3, -0.25) is 4.79 Å². The van der Waals surface area contributed by atoms with Crippen LogP contribution in [0.1, 0.15) is 25.1 Å². The summed E-state index contributed by atoms with van der Waals surface area (Å²) < 4.78 is 54.3. The Morgan fingerprint density at radius 3 is 2.55 bits per heavy atom. The fourth-order valence-electron chi connectivity index (χ4n) is 3.51. The number of hydrogen-bond donors (Lipinski definition) is 2. The first-order valence-corrected chi connectivity index (χ1v) is 9.29. The number of pyridine rings is 1. The molecule has 1 aliphatic rings. The van der Waals surface area contributed by atoms with Crippen LogP contribution < -0.4 is 20.3 Å². The van der Waals surface area contributed by atoms with Crippen LogP contribution in [0.25, 0.3) is 0 Å². The minimum Gasteiger partial charge on any atom is -0.403 e. The number of halogens is 4. The van der Waals surface area contributed by atoms with Crippen molar-refractivity contribution in [3.8, 4) is 5.75 Å². The van der Waals surface area contributed by atoms with Crippen molar-refractivity contribution < 1.29 is 27.1 Å². The Morgan fingerprint density at radius 1 is 1.29 bits per heavy atom. The van der Waals surface area contributed by atoms with Crippen LogP contribution in [0.3, 0.4) is 0 Å². The van der Waals surface area contributed by atoms with Crippen LogP contribution in [0, 0.1) is 18.7 Å². The van der Waals surface area contributed by atoms with Gasteiger partial charge in [-0.05, 0) is 30.5 Å². The van der Waals surface area contributed by atoms with E-state index in [1.165, 1.54) is 6.07 Å². The van der Waals surface area contributed by atoms with Gasteiger partial charge in [0.15, 0.2) is 11.6 Å². The lowest BCUT2D eigenvalue weighted by molar-refractivity contribution is -0.275. The molecule has 11 heteroatoms. The molecule has 31 heavy (non-hydrogen) atoms. The highest BCUT2D eigenvalue weighted by atomic mass is 32.1. The first-order chi connectivity index (χ1) is 14.0. The second kappa shape index (κ2) is 9.21. The summed E-state index contributed by atoms with van der Waals surface area (Å²) in [6.45, 7) is 5.81. The predicted molar refractivity (Wildman–Crippen MR) is 115 cm³/mol. The van der Waals surface area contributed by atoms with E-state index in [9.17, 15) is 22.4 Å². The molecule has 0 saturated carbocycles. The molecule has 0 spiro atoms. The molecule has 1 aliphatic heterocycles. The minimum absolute atomic E-state index is 0.